The summed E-state index contributed by atoms with van der Waals surface area (Å²) < 4.78 is 13.6. The molecule has 0 spiro atoms. The summed E-state index contributed by atoms with van der Waals surface area (Å²) in [7, 11) is 0. The SMILES string of the molecule is CCCOC(c1ccc(NC2CCC(=O)NC2=O)cc1)c1ccccc1-c1cc2c(-c3ccc(CNC(=O)c4noc(C(C)(C)C)n4)c(C)c3)ncnn2c1. The molecule has 7 rings (SSSR count). The second kappa shape index (κ2) is 15.6. The zero-order valence-electron chi connectivity index (χ0n) is 31.6. The third kappa shape index (κ3) is 8.16. The number of aromatic nitrogens is 5. The highest BCUT2D eigenvalue weighted by molar-refractivity contribution is 6.01. The van der Waals surface area contributed by atoms with Crippen LogP contribution >= 0.6 is 0 Å². The number of rotatable bonds is 12. The maximum Gasteiger partial charge on any atom is 0.292 e. The molecule has 4 heterocycles. The van der Waals surface area contributed by atoms with Gasteiger partial charge in [0.05, 0.1) is 11.2 Å². The molecule has 0 aliphatic carbocycles. The Kier molecular flexibility index (Phi) is 10.6. The van der Waals surface area contributed by atoms with Gasteiger partial charge in [-0.1, -0.05) is 81.4 Å². The van der Waals surface area contributed by atoms with Crippen LogP contribution in [0.3, 0.4) is 0 Å². The van der Waals surface area contributed by atoms with Gasteiger partial charge in [-0.3, -0.25) is 19.7 Å². The normalized spacial score (nSPS) is 15.2. The van der Waals surface area contributed by atoms with E-state index in [0.717, 1.165) is 62.3 Å². The van der Waals surface area contributed by atoms with Crippen molar-refractivity contribution >= 4 is 28.9 Å². The predicted octanol–water partition coefficient (Wildman–Crippen LogP) is 6.72. The average molecular weight is 741 g/mol. The summed E-state index contributed by atoms with van der Waals surface area (Å²) >= 11 is 0. The molecular weight excluding hydrogens is 697 g/mol. The van der Waals surface area contributed by atoms with Crippen molar-refractivity contribution < 1.29 is 23.6 Å². The van der Waals surface area contributed by atoms with E-state index < -0.39 is 11.9 Å². The van der Waals surface area contributed by atoms with E-state index in [1.54, 1.807) is 6.33 Å². The molecule has 0 saturated carbocycles. The molecule has 1 saturated heterocycles. The summed E-state index contributed by atoms with van der Waals surface area (Å²) in [5.74, 6) is -0.537. The quantitative estimate of drug-likeness (QED) is 0.115. The van der Waals surface area contributed by atoms with Gasteiger partial charge in [-0.2, -0.15) is 10.1 Å². The van der Waals surface area contributed by atoms with Gasteiger partial charge < -0.3 is 19.9 Å². The summed E-state index contributed by atoms with van der Waals surface area (Å²) in [6.45, 7) is 10.8. The number of carbonyl (C=O) groups excluding carboxylic acids is 3. The Labute approximate surface area is 318 Å². The molecule has 1 aliphatic heterocycles. The van der Waals surface area contributed by atoms with Gasteiger partial charge in [0, 0.05) is 48.0 Å². The van der Waals surface area contributed by atoms with E-state index in [-0.39, 0.29) is 29.2 Å². The van der Waals surface area contributed by atoms with Crippen LogP contribution in [0, 0.1) is 6.92 Å². The van der Waals surface area contributed by atoms with Gasteiger partial charge in [0.2, 0.25) is 17.7 Å². The Morgan fingerprint density at radius 1 is 1.05 bits per heavy atom. The first kappa shape index (κ1) is 37.1. The summed E-state index contributed by atoms with van der Waals surface area (Å²) in [6, 6.07) is 23.8. The van der Waals surface area contributed by atoms with E-state index in [4.69, 9.17) is 14.2 Å². The molecule has 13 nitrogen and oxygen atoms in total. The molecule has 55 heavy (non-hydrogen) atoms. The van der Waals surface area contributed by atoms with Crippen molar-refractivity contribution in [2.24, 2.45) is 0 Å². The van der Waals surface area contributed by atoms with Crippen LogP contribution in [0.25, 0.3) is 27.9 Å². The Hall–Kier alpha value is -6.21. The molecular formula is C42H44N8O5. The first-order valence-electron chi connectivity index (χ1n) is 18.4. The lowest BCUT2D eigenvalue weighted by atomic mass is 9.93. The molecule has 3 N–H and O–H groups in total. The number of anilines is 1. The monoisotopic (exact) mass is 740 g/mol. The largest absolute Gasteiger partial charge is 0.374 e. The second-order valence-electron chi connectivity index (χ2n) is 14.8. The van der Waals surface area contributed by atoms with Gasteiger partial charge in [0.15, 0.2) is 0 Å². The van der Waals surface area contributed by atoms with Crippen molar-refractivity contribution in [1.82, 2.24) is 35.4 Å². The number of fused-ring (bicyclic) bond motifs is 1. The molecule has 2 atom stereocenters. The number of piperidine rings is 1. The van der Waals surface area contributed by atoms with Gasteiger partial charge in [0.25, 0.3) is 11.7 Å². The number of imide groups is 1. The van der Waals surface area contributed by atoms with E-state index in [1.807, 2.05) is 86.9 Å². The van der Waals surface area contributed by atoms with Crippen LogP contribution in [0.2, 0.25) is 0 Å². The minimum Gasteiger partial charge on any atom is -0.374 e. The van der Waals surface area contributed by atoms with Gasteiger partial charge in [-0.25, -0.2) is 9.50 Å². The fourth-order valence-electron chi connectivity index (χ4n) is 6.59. The lowest BCUT2D eigenvalue weighted by molar-refractivity contribution is -0.133. The van der Waals surface area contributed by atoms with Gasteiger partial charge in [-0.15, -0.1) is 0 Å². The highest BCUT2D eigenvalue weighted by atomic mass is 16.5. The highest BCUT2D eigenvalue weighted by Crippen LogP contribution is 2.37. The number of amides is 3. The zero-order valence-corrected chi connectivity index (χ0v) is 31.6. The lowest BCUT2D eigenvalue weighted by Crippen LogP contribution is -2.47. The van der Waals surface area contributed by atoms with Crippen molar-refractivity contribution in [3.05, 3.63) is 119 Å². The Bertz CT molecular complexity index is 2360. The molecule has 1 fully saturated rings. The molecule has 2 unspecified atom stereocenters. The summed E-state index contributed by atoms with van der Waals surface area (Å²) in [5, 5.41) is 17.0. The maximum absolute atomic E-state index is 12.8. The van der Waals surface area contributed by atoms with Crippen molar-refractivity contribution in [2.45, 2.75) is 78.0 Å². The smallest absolute Gasteiger partial charge is 0.292 e. The molecule has 3 amide bonds. The second-order valence-corrected chi connectivity index (χ2v) is 14.8. The summed E-state index contributed by atoms with van der Waals surface area (Å²) in [5.41, 5.74) is 8.85. The predicted molar refractivity (Wildman–Crippen MR) is 207 cm³/mol. The number of aryl methyl sites for hydroxylation is 1. The van der Waals surface area contributed by atoms with Crippen molar-refractivity contribution in [1.29, 1.82) is 0 Å². The Morgan fingerprint density at radius 2 is 1.85 bits per heavy atom. The lowest BCUT2D eigenvalue weighted by Gasteiger charge is -2.24. The Morgan fingerprint density at radius 3 is 2.58 bits per heavy atom. The third-order valence-electron chi connectivity index (χ3n) is 9.57. The zero-order chi connectivity index (χ0) is 38.7. The van der Waals surface area contributed by atoms with Crippen LogP contribution in [0.1, 0.15) is 91.8 Å². The van der Waals surface area contributed by atoms with Crippen LogP contribution in [0.4, 0.5) is 5.69 Å². The van der Waals surface area contributed by atoms with E-state index in [0.29, 0.717) is 31.9 Å². The van der Waals surface area contributed by atoms with Crippen LogP contribution < -0.4 is 16.0 Å². The van der Waals surface area contributed by atoms with Crippen LogP contribution in [0.15, 0.2) is 89.8 Å². The maximum atomic E-state index is 12.8. The molecule has 0 bridgehead atoms. The van der Waals surface area contributed by atoms with Crippen LogP contribution in [-0.2, 0) is 26.3 Å². The number of hydrogen-bond donors (Lipinski definition) is 3. The molecule has 0 radical (unpaired) electrons. The van der Waals surface area contributed by atoms with Gasteiger partial charge in [0.1, 0.15) is 18.5 Å². The van der Waals surface area contributed by atoms with Crippen molar-refractivity contribution in [3.8, 4) is 22.4 Å². The standard InChI is InChI=1S/C42H44N8O5/c1-6-19-54-37(26-13-15-30(16-14-26)46-33-17-18-35(51)47-39(33)52)32-10-8-7-9-31(32)29-21-34-36(44-24-45-50(34)23-29)27-11-12-28(25(2)20-27)22-43-40(53)38-48-41(55-49-38)42(3,4)5/h7-16,20-21,23-24,33,37,46H,6,17-19,22H2,1-5H3,(H,43,53)(H,47,51,52). The number of ether oxygens (including phenoxy) is 1. The minimum atomic E-state index is -0.464. The fraction of sp³-hybridized carbons (Fsp3) is 0.310. The molecule has 3 aromatic carbocycles. The Balaban J connectivity index is 1.12. The van der Waals surface area contributed by atoms with Crippen molar-refractivity contribution in [3.63, 3.8) is 0 Å². The summed E-state index contributed by atoms with van der Waals surface area (Å²) in [6.07, 6.45) is 4.81. The van der Waals surface area contributed by atoms with E-state index in [1.165, 1.54) is 0 Å². The number of benzene rings is 3. The fourth-order valence-corrected chi connectivity index (χ4v) is 6.59. The number of carbonyl (C=O) groups is 3. The molecule has 6 aromatic rings. The van der Waals surface area contributed by atoms with E-state index >= 15 is 0 Å². The number of nitrogens with one attached hydrogen (secondary N) is 3. The minimum absolute atomic E-state index is 0.00803. The first-order valence-corrected chi connectivity index (χ1v) is 18.4. The number of nitrogens with zero attached hydrogens (tertiary/aromatic N) is 5. The molecule has 282 valence electrons. The topological polar surface area (TPSA) is 166 Å². The van der Waals surface area contributed by atoms with Gasteiger partial charge in [-0.05, 0) is 71.8 Å². The number of hydrogen-bond acceptors (Lipinski definition) is 10. The average Bonchev–Trinajstić information content (AvgIpc) is 3.85. The van der Waals surface area contributed by atoms with E-state index in [2.05, 4.69) is 62.4 Å². The third-order valence-corrected chi connectivity index (χ3v) is 9.57. The first-order chi connectivity index (χ1) is 26.5. The molecule has 1 aliphatic rings. The van der Waals surface area contributed by atoms with Crippen LogP contribution in [-0.4, -0.2) is 55.1 Å². The van der Waals surface area contributed by atoms with Crippen molar-refractivity contribution in [2.75, 3.05) is 11.9 Å². The molecule has 13 heteroatoms. The molecule has 3 aromatic heterocycles. The summed E-state index contributed by atoms with van der Waals surface area (Å²) in [4.78, 5) is 45.6. The van der Waals surface area contributed by atoms with Crippen LogP contribution in [0.5, 0.6) is 0 Å². The van der Waals surface area contributed by atoms with E-state index in [9.17, 15) is 14.4 Å². The highest BCUT2D eigenvalue weighted by Gasteiger charge is 2.27. The van der Waals surface area contributed by atoms with Gasteiger partial charge >= 0.3 is 0 Å².